The quantitative estimate of drug-likeness (QED) is 0.761. The summed E-state index contributed by atoms with van der Waals surface area (Å²) in [5.41, 5.74) is 3.06. The summed E-state index contributed by atoms with van der Waals surface area (Å²) >= 11 is 5.93. The van der Waals surface area contributed by atoms with Crippen LogP contribution >= 0.6 is 11.6 Å². The van der Waals surface area contributed by atoms with Crippen LogP contribution in [0, 0.1) is 0 Å². The minimum Gasteiger partial charge on any atom is -0.346 e. The van der Waals surface area contributed by atoms with Crippen molar-refractivity contribution >= 4 is 38.2 Å². The number of nitrogens with zero attached hydrogens (tertiary/aromatic N) is 2. The molecule has 0 fully saturated rings. The highest BCUT2D eigenvalue weighted by atomic mass is 35.5. The van der Waals surface area contributed by atoms with Gasteiger partial charge in [0.2, 0.25) is 10.0 Å². The third-order valence-corrected chi connectivity index (χ3v) is 6.50. The van der Waals surface area contributed by atoms with Gasteiger partial charge >= 0.3 is 0 Å². The molecule has 0 saturated heterocycles. The van der Waals surface area contributed by atoms with E-state index in [4.69, 9.17) is 11.6 Å². The Kier molecular flexibility index (Phi) is 4.11. The second kappa shape index (κ2) is 6.29. The summed E-state index contributed by atoms with van der Waals surface area (Å²) in [7, 11) is -3.54. The number of nitrogens with one attached hydrogen (secondary N) is 1. The Labute approximate surface area is 151 Å². The molecule has 0 bridgehead atoms. The molecule has 0 saturated carbocycles. The molecular formula is C18H16ClN3O2S. The van der Waals surface area contributed by atoms with Crippen LogP contribution in [0.2, 0.25) is 5.02 Å². The number of sulfonamides is 1. The van der Waals surface area contributed by atoms with Crippen LogP contribution in [0.4, 0.5) is 0 Å². The Hall–Kier alpha value is -2.15. The van der Waals surface area contributed by atoms with Gasteiger partial charge in [-0.2, -0.15) is 4.31 Å². The molecule has 0 aliphatic carbocycles. The van der Waals surface area contributed by atoms with Crippen LogP contribution in [-0.4, -0.2) is 35.8 Å². The molecule has 25 heavy (non-hydrogen) atoms. The largest absolute Gasteiger partial charge is 0.346 e. The van der Waals surface area contributed by atoms with Crippen molar-refractivity contribution in [3.8, 4) is 0 Å². The van der Waals surface area contributed by atoms with E-state index in [0.717, 1.165) is 22.2 Å². The van der Waals surface area contributed by atoms with Gasteiger partial charge < -0.3 is 4.98 Å². The maximum absolute atomic E-state index is 12.8. The molecule has 1 aliphatic rings. The van der Waals surface area contributed by atoms with Gasteiger partial charge in [-0.1, -0.05) is 23.7 Å². The van der Waals surface area contributed by atoms with Gasteiger partial charge in [0.25, 0.3) is 0 Å². The van der Waals surface area contributed by atoms with Crippen LogP contribution in [0.25, 0.3) is 16.6 Å². The number of fused-ring (bicyclic) bond motifs is 1. The monoisotopic (exact) mass is 373 g/mol. The molecule has 4 rings (SSSR count). The summed E-state index contributed by atoms with van der Waals surface area (Å²) in [6.07, 6.45) is 6.31. The number of halogens is 1. The first-order valence-electron chi connectivity index (χ1n) is 7.93. The third kappa shape index (κ3) is 2.97. The van der Waals surface area contributed by atoms with E-state index < -0.39 is 10.0 Å². The second-order valence-electron chi connectivity index (χ2n) is 5.90. The van der Waals surface area contributed by atoms with Crippen molar-refractivity contribution in [3.63, 3.8) is 0 Å². The van der Waals surface area contributed by atoms with Gasteiger partial charge in [0.05, 0.1) is 4.90 Å². The highest BCUT2D eigenvalue weighted by Gasteiger charge is 2.27. The van der Waals surface area contributed by atoms with Crippen molar-refractivity contribution in [3.05, 3.63) is 65.5 Å². The zero-order valence-electron chi connectivity index (χ0n) is 13.3. The molecule has 1 aromatic carbocycles. The van der Waals surface area contributed by atoms with Crippen LogP contribution in [0.1, 0.15) is 12.0 Å². The number of rotatable bonds is 3. The van der Waals surface area contributed by atoms with E-state index in [0.29, 0.717) is 24.5 Å². The Bertz CT molecular complexity index is 1070. The van der Waals surface area contributed by atoms with Gasteiger partial charge in [-0.25, -0.2) is 13.4 Å². The fourth-order valence-electron chi connectivity index (χ4n) is 3.11. The number of aromatic amines is 1. The zero-order valence-corrected chi connectivity index (χ0v) is 14.9. The molecular weight excluding hydrogens is 358 g/mol. The summed E-state index contributed by atoms with van der Waals surface area (Å²) in [6, 6.07) is 10.3. The molecule has 1 N–H and O–H groups in total. The normalized spacial score (nSPS) is 16.1. The first kappa shape index (κ1) is 16.3. The van der Waals surface area contributed by atoms with E-state index in [1.54, 1.807) is 24.4 Å². The molecule has 2 aromatic heterocycles. The molecule has 1 aliphatic heterocycles. The predicted molar refractivity (Wildman–Crippen MR) is 98.9 cm³/mol. The number of hydrogen-bond acceptors (Lipinski definition) is 3. The van der Waals surface area contributed by atoms with Crippen molar-refractivity contribution < 1.29 is 8.42 Å². The number of aromatic nitrogens is 2. The smallest absolute Gasteiger partial charge is 0.243 e. The molecule has 128 valence electrons. The van der Waals surface area contributed by atoms with E-state index in [2.05, 4.69) is 9.97 Å². The predicted octanol–water partition coefficient (Wildman–Crippen LogP) is 3.69. The Morgan fingerprint density at radius 3 is 2.84 bits per heavy atom. The van der Waals surface area contributed by atoms with Gasteiger partial charge in [-0.15, -0.1) is 0 Å². The van der Waals surface area contributed by atoms with Crippen LogP contribution in [0.15, 0.2) is 59.8 Å². The lowest BCUT2D eigenvalue weighted by Gasteiger charge is -2.25. The van der Waals surface area contributed by atoms with Crippen molar-refractivity contribution in [1.82, 2.24) is 14.3 Å². The van der Waals surface area contributed by atoms with Crippen molar-refractivity contribution in [2.75, 3.05) is 13.1 Å². The maximum Gasteiger partial charge on any atom is 0.243 e. The Morgan fingerprint density at radius 2 is 2.08 bits per heavy atom. The highest BCUT2D eigenvalue weighted by Crippen LogP contribution is 2.30. The van der Waals surface area contributed by atoms with E-state index in [-0.39, 0.29) is 4.90 Å². The Balaban J connectivity index is 1.62. The van der Waals surface area contributed by atoms with E-state index >= 15 is 0 Å². The molecule has 5 nitrogen and oxygen atoms in total. The van der Waals surface area contributed by atoms with Crippen LogP contribution < -0.4 is 0 Å². The highest BCUT2D eigenvalue weighted by molar-refractivity contribution is 7.89. The van der Waals surface area contributed by atoms with Gasteiger partial charge in [-0.3, -0.25) is 0 Å². The van der Waals surface area contributed by atoms with Crippen LogP contribution in [-0.2, 0) is 10.0 Å². The minimum absolute atomic E-state index is 0.230. The fourth-order valence-corrected chi connectivity index (χ4v) is 4.79. The first-order chi connectivity index (χ1) is 12.1. The maximum atomic E-state index is 12.8. The Morgan fingerprint density at radius 1 is 1.20 bits per heavy atom. The number of benzene rings is 1. The van der Waals surface area contributed by atoms with E-state index in [1.165, 1.54) is 10.4 Å². The average Bonchev–Trinajstić information content (AvgIpc) is 3.06. The van der Waals surface area contributed by atoms with Crippen LogP contribution in [0.5, 0.6) is 0 Å². The van der Waals surface area contributed by atoms with Gasteiger partial charge in [0.1, 0.15) is 5.65 Å². The summed E-state index contributed by atoms with van der Waals surface area (Å²) < 4.78 is 27.0. The summed E-state index contributed by atoms with van der Waals surface area (Å²) in [5.74, 6) is 0. The van der Waals surface area contributed by atoms with Gasteiger partial charge in [-0.05, 0) is 42.3 Å². The molecule has 0 radical (unpaired) electrons. The number of hydrogen-bond donors (Lipinski definition) is 1. The molecule has 0 atom stereocenters. The lowest BCUT2D eigenvalue weighted by atomic mass is 10.0. The molecule has 0 unspecified atom stereocenters. The van der Waals surface area contributed by atoms with E-state index in [9.17, 15) is 8.42 Å². The third-order valence-electron chi connectivity index (χ3n) is 4.40. The fraction of sp³-hybridized carbons (Fsp3) is 0.167. The van der Waals surface area contributed by atoms with Crippen molar-refractivity contribution in [2.45, 2.75) is 11.3 Å². The number of pyridine rings is 1. The molecule has 0 amide bonds. The lowest BCUT2D eigenvalue weighted by molar-refractivity contribution is 0.441. The average molecular weight is 374 g/mol. The van der Waals surface area contributed by atoms with Gasteiger partial charge in [0.15, 0.2) is 0 Å². The topological polar surface area (TPSA) is 66.1 Å². The van der Waals surface area contributed by atoms with Crippen molar-refractivity contribution in [2.24, 2.45) is 0 Å². The summed E-state index contributed by atoms with van der Waals surface area (Å²) in [4.78, 5) is 7.69. The minimum atomic E-state index is -3.54. The SMILES string of the molecule is O=S(=O)(c1cccc(Cl)c1)N1CC=C(c2c[nH]c3ncccc23)CC1. The molecule has 3 aromatic rings. The first-order valence-corrected chi connectivity index (χ1v) is 9.75. The lowest BCUT2D eigenvalue weighted by Crippen LogP contribution is -2.34. The summed E-state index contributed by atoms with van der Waals surface area (Å²) in [5, 5.41) is 1.47. The standard InChI is InChI=1S/C18H16ClN3O2S/c19-14-3-1-4-15(11-14)25(23,24)22-9-6-13(7-10-22)17-12-21-18-16(17)5-2-8-20-18/h1-6,8,11-12H,7,9-10H2,(H,20,21). The van der Waals surface area contributed by atoms with Crippen LogP contribution in [0.3, 0.4) is 0 Å². The van der Waals surface area contributed by atoms with Crippen molar-refractivity contribution in [1.29, 1.82) is 0 Å². The summed E-state index contributed by atoms with van der Waals surface area (Å²) in [6.45, 7) is 0.782. The molecule has 0 spiro atoms. The molecule has 7 heteroatoms. The second-order valence-corrected chi connectivity index (χ2v) is 8.28. The molecule has 3 heterocycles. The zero-order chi connectivity index (χ0) is 17.4. The van der Waals surface area contributed by atoms with E-state index in [1.807, 2.05) is 24.4 Å². The van der Waals surface area contributed by atoms with Gasteiger partial charge in [0, 0.05) is 41.5 Å². The number of H-pyrrole nitrogens is 1.